The molecular weight excluding hydrogens is 252 g/mol. The average Bonchev–Trinajstić information content (AvgIpc) is 2.81. The first-order valence-corrected chi connectivity index (χ1v) is 8.61. The van der Waals surface area contributed by atoms with Crippen LogP contribution >= 0.6 is 11.3 Å². The maximum Gasteiger partial charge on any atom is 0.0962 e. The van der Waals surface area contributed by atoms with Crippen LogP contribution in [0.1, 0.15) is 79.9 Å². The van der Waals surface area contributed by atoms with E-state index in [2.05, 4.69) is 26.1 Å². The lowest BCUT2D eigenvalue weighted by molar-refractivity contribution is 0.308. The molecule has 1 aliphatic rings. The SMILES string of the molecule is CCCC1CCC(c2nc(C)c(C(C)NC)s2)CC1. The van der Waals surface area contributed by atoms with Gasteiger partial charge in [0, 0.05) is 16.8 Å². The van der Waals surface area contributed by atoms with Gasteiger partial charge in [0.1, 0.15) is 0 Å². The zero-order valence-electron chi connectivity index (χ0n) is 12.8. The van der Waals surface area contributed by atoms with Crippen LogP contribution < -0.4 is 5.32 Å². The highest BCUT2D eigenvalue weighted by atomic mass is 32.1. The highest BCUT2D eigenvalue weighted by Gasteiger charge is 2.25. The first kappa shape index (κ1) is 15.0. The minimum Gasteiger partial charge on any atom is -0.312 e. The quantitative estimate of drug-likeness (QED) is 0.837. The van der Waals surface area contributed by atoms with Gasteiger partial charge in [0.15, 0.2) is 0 Å². The van der Waals surface area contributed by atoms with Gasteiger partial charge in [0.05, 0.1) is 10.7 Å². The Labute approximate surface area is 122 Å². The van der Waals surface area contributed by atoms with Gasteiger partial charge < -0.3 is 5.32 Å². The smallest absolute Gasteiger partial charge is 0.0962 e. The van der Waals surface area contributed by atoms with Crippen LogP contribution in [0.3, 0.4) is 0 Å². The van der Waals surface area contributed by atoms with E-state index in [0.717, 1.165) is 11.8 Å². The van der Waals surface area contributed by atoms with E-state index in [4.69, 9.17) is 4.98 Å². The van der Waals surface area contributed by atoms with Crippen LogP contribution in [0, 0.1) is 12.8 Å². The van der Waals surface area contributed by atoms with Crippen molar-refractivity contribution in [1.29, 1.82) is 0 Å². The topological polar surface area (TPSA) is 24.9 Å². The van der Waals surface area contributed by atoms with Crippen molar-refractivity contribution in [2.75, 3.05) is 7.05 Å². The Morgan fingerprint density at radius 1 is 1.32 bits per heavy atom. The predicted molar refractivity (Wildman–Crippen MR) is 83.9 cm³/mol. The highest BCUT2D eigenvalue weighted by Crippen LogP contribution is 2.40. The number of hydrogen-bond acceptors (Lipinski definition) is 3. The third kappa shape index (κ3) is 3.57. The molecule has 0 aliphatic heterocycles. The number of rotatable bonds is 5. The Morgan fingerprint density at radius 3 is 2.58 bits per heavy atom. The van der Waals surface area contributed by atoms with Crippen LogP contribution in [0.2, 0.25) is 0 Å². The zero-order chi connectivity index (χ0) is 13.8. The van der Waals surface area contributed by atoms with Gasteiger partial charge >= 0.3 is 0 Å². The Hall–Kier alpha value is -0.410. The van der Waals surface area contributed by atoms with E-state index in [1.807, 2.05) is 18.4 Å². The molecule has 1 aromatic heterocycles. The van der Waals surface area contributed by atoms with Crippen LogP contribution in [0.15, 0.2) is 0 Å². The number of nitrogens with zero attached hydrogens (tertiary/aromatic N) is 1. The molecule has 1 atom stereocenters. The molecule has 108 valence electrons. The van der Waals surface area contributed by atoms with Gasteiger partial charge in [-0.1, -0.05) is 19.8 Å². The van der Waals surface area contributed by atoms with E-state index in [1.165, 1.54) is 54.1 Å². The normalized spacial score (nSPS) is 25.5. The molecule has 1 aromatic rings. The van der Waals surface area contributed by atoms with Gasteiger partial charge in [-0.2, -0.15) is 0 Å². The zero-order valence-corrected chi connectivity index (χ0v) is 13.6. The summed E-state index contributed by atoms with van der Waals surface area (Å²) in [5.41, 5.74) is 1.23. The minimum atomic E-state index is 0.433. The maximum atomic E-state index is 4.85. The lowest BCUT2D eigenvalue weighted by atomic mass is 9.80. The van der Waals surface area contributed by atoms with Gasteiger partial charge in [0.25, 0.3) is 0 Å². The predicted octanol–water partition coefficient (Wildman–Crippen LogP) is 4.81. The van der Waals surface area contributed by atoms with Crippen molar-refractivity contribution >= 4 is 11.3 Å². The van der Waals surface area contributed by atoms with Gasteiger partial charge in [0.2, 0.25) is 0 Å². The number of aryl methyl sites for hydroxylation is 1. The Kier molecular flexibility index (Phi) is 5.40. The third-order valence-electron chi connectivity index (χ3n) is 4.57. The van der Waals surface area contributed by atoms with Crippen LogP contribution in [0.4, 0.5) is 0 Å². The van der Waals surface area contributed by atoms with Crippen molar-refractivity contribution in [3.05, 3.63) is 15.6 Å². The van der Waals surface area contributed by atoms with Gasteiger partial charge in [-0.25, -0.2) is 4.98 Å². The summed E-state index contributed by atoms with van der Waals surface area (Å²) in [6.45, 7) is 6.69. The summed E-state index contributed by atoms with van der Waals surface area (Å²) < 4.78 is 0. The summed E-state index contributed by atoms with van der Waals surface area (Å²) >= 11 is 1.94. The van der Waals surface area contributed by atoms with E-state index in [0.29, 0.717) is 6.04 Å². The second kappa shape index (κ2) is 6.85. The fourth-order valence-corrected chi connectivity index (χ4v) is 4.54. The molecule has 1 saturated carbocycles. The average molecular weight is 280 g/mol. The molecule has 0 amide bonds. The monoisotopic (exact) mass is 280 g/mol. The summed E-state index contributed by atoms with van der Waals surface area (Å²) in [4.78, 5) is 6.28. The molecule has 1 fully saturated rings. The number of hydrogen-bond donors (Lipinski definition) is 1. The lowest BCUT2D eigenvalue weighted by Crippen LogP contribution is -2.13. The molecule has 2 nitrogen and oxygen atoms in total. The van der Waals surface area contributed by atoms with Crippen LogP contribution in [0.25, 0.3) is 0 Å². The van der Waals surface area contributed by atoms with Gasteiger partial charge in [-0.05, 0) is 52.5 Å². The lowest BCUT2D eigenvalue weighted by Gasteiger charge is -2.27. The second-order valence-electron chi connectivity index (χ2n) is 6.02. The standard InChI is InChI=1S/C16H28N2S/c1-5-6-13-7-9-14(10-8-13)16-18-12(3)15(19-16)11(2)17-4/h11,13-14,17H,5-10H2,1-4H3. The van der Waals surface area contributed by atoms with Crippen LogP contribution in [-0.4, -0.2) is 12.0 Å². The molecule has 0 spiro atoms. The molecule has 0 radical (unpaired) electrons. The summed E-state index contributed by atoms with van der Waals surface area (Å²) in [6, 6.07) is 0.433. The summed E-state index contributed by atoms with van der Waals surface area (Å²) in [6.07, 6.45) is 8.29. The number of nitrogens with one attached hydrogen (secondary N) is 1. The van der Waals surface area contributed by atoms with E-state index in [9.17, 15) is 0 Å². The van der Waals surface area contributed by atoms with E-state index in [-0.39, 0.29) is 0 Å². The number of aromatic nitrogens is 1. The third-order valence-corrected chi connectivity index (χ3v) is 6.07. The van der Waals surface area contributed by atoms with Crippen molar-refractivity contribution in [1.82, 2.24) is 10.3 Å². The molecule has 19 heavy (non-hydrogen) atoms. The summed E-state index contributed by atoms with van der Waals surface area (Å²) in [7, 11) is 2.03. The molecule has 2 rings (SSSR count). The molecule has 0 aromatic carbocycles. The molecule has 0 saturated heterocycles. The summed E-state index contributed by atoms with van der Waals surface area (Å²) in [5.74, 6) is 1.72. The molecule has 1 aliphatic carbocycles. The molecule has 0 bridgehead atoms. The largest absolute Gasteiger partial charge is 0.312 e. The summed E-state index contributed by atoms with van der Waals surface area (Å²) in [5, 5.41) is 4.73. The number of thiazole rings is 1. The fraction of sp³-hybridized carbons (Fsp3) is 0.812. The molecular formula is C16H28N2S. The Balaban J connectivity index is 2.00. The van der Waals surface area contributed by atoms with E-state index >= 15 is 0 Å². The van der Waals surface area contributed by atoms with Gasteiger partial charge in [-0.15, -0.1) is 11.3 Å². The Bertz CT molecular complexity index is 391. The van der Waals surface area contributed by atoms with Gasteiger partial charge in [-0.3, -0.25) is 0 Å². The fourth-order valence-electron chi connectivity index (χ4n) is 3.24. The van der Waals surface area contributed by atoms with Crippen LogP contribution in [0.5, 0.6) is 0 Å². The van der Waals surface area contributed by atoms with Crippen LogP contribution in [-0.2, 0) is 0 Å². The first-order chi connectivity index (χ1) is 9.15. The molecule has 1 unspecified atom stereocenters. The van der Waals surface area contributed by atoms with E-state index < -0.39 is 0 Å². The van der Waals surface area contributed by atoms with Crippen molar-refractivity contribution in [3.8, 4) is 0 Å². The molecule has 1 N–H and O–H groups in total. The van der Waals surface area contributed by atoms with Crippen molar-refractivity contribution in [3.63, 3.8) is 0 Å². The molecule has 3 heteroatoms. The highest BCUT2D eigenvalue weighted by molar-refractivity contribution is 7.11. The van der Waals surface area contributed by atoms with Crippen molar-refractivity contribution in [2.24, 2.45) is 5.92 Å². The van der Waals surface area contributed by atoms with E-state index in [1.54, 1.807) is 0 Å². The second-order valence-corrected chi connectivity index (χ2v) is 7.08. The van der Waals surface area contributed by atoms with Crippen molar-refractivity contribution in [2.45, 2.75) is 71.3 Å². The Morgan fingerprint density at radius 2 is 2.00 bits per heavy atom. The first-order valence-electron chi connectivity index (χ1n) is 7.80. The van der Waals surface area contributed by atoms with Crippen molar-refractivity contribution < 1.29 is 0 Å². The molecule has 1 heterocycles. The maximum absolute atomic E-state index is 4.85. The minimum absolute atomic E-state index is 0.433.